The summed E-state index contributed by atoms with van der Waals surface area (Å²) in [6.45, 7) is 1.93. The number of amides is 1. The first kappa shape index (κ1) is 18.1. The Balaban J connectivity index is 2.10. The number of anilines is 1. The minimum atomic E-state index is -3.18. The van der Waals surface area contributed by atoms with E-state index in [1.807, 2.05) is 0 Å². The molecule has 1 amide bonds. The number of rotatable bonds is 6. The van der Waals surface area contributed by atoms with E-state index in [0.717, 1.165) is 17.6 Å². The Morgan fingerprint density at radius 3 is 2.75 bits per heavy atom. The zero-order chi connectivity index (χ0) is 17.7. The van der Waals surface area contributed by atoms with Crippen LogP contribution in [0, 0.1) is 0 Å². The number of hydrogen-bond donors (Lipinski definition) is 1. The van der Waals surface area contributed by atoms with Crippen molar-refractivity contribution in [1.82, 2.24) is 4.98 Å². The van der Waals surface area contributed by atoms with Gasteiger partial charge in [0.25, 0.3) is 5.91 Å². The Kier molecular flexibility index (Phi) is 5.68. The standard InChI is InChI=1S/C15H16N2O5S2/c1-3-22-14(19)12-8-23-15(16-12)17-13(18)11-6-4-5-10(7-11)9-24(2,20)21/h4-8H,3,9H2,1-2H3,(H,16,17,18). The van der Waals surface area contributed by atoms with Crippen molar-refractivity contribution < 1.29 is 22.7 Å². The number of esters is 1. The predicted octanol–water partition coefficient (Wildman–Crippen LogP) is 2.12. The van der Waals surface area contributed by atoms with Crippen LogP contribution >= 0.6 is 11.3 Å². The fourth-order valence-electron chi connectivity index (χ4n) is 1.90. The molecular formula is C15H16N2O5S2. The minimum absolute atomic E-state index is 0.128. The number of nitrogens with zero attached hydrogens (tertiary/aromatic N) is 1. The maximum atomic E-state index is 12.2. The van der Waals surface area contributed by atoms with Crippen molar-refractivity contribution in [3.8, 4) is 0 Å². The van der Waals surface area contributed by atoms with Gasteiger partial charge in [0.05, 0.1) is 12.4 Å². The molecule has 1 aromatic heterocycles. The second-order valence-corrected chi connectivity index (χ2v) is 7.98. The molecule has 0 aliphatic rings. The number of thiazole rings is 1. The van der Waals surface area contributed by atoms with Crippen LogP contribution in [0.3, 0.4) is 0 Å². The highest BCUT2D eigenvalue weighted by Crippen LogP contribution is 2.18. The van der Waals surface area contributed by atoms with Crippen molar-refractivity contribution >= 4 is 38.2 Å². The van der Waals surface area contributed by atoms with Gasteiger partial charge in [-0.3, -0.25) is 10.1 Å². The summed E-state index contributed by atoms with van der Waals surface area (Å²) < 4.78 is 27.5. The molecule has 1 N–H and O–H groups in total. The molecule has 0 bridgehead atoms. The van der Waals surface area contributed by atoms with Crippen LogP contribution in [0.25, 0.3) is 0 Å². The lowest BCUT2D eigenvalue weighted by molar-refractivity contribution is 0.0520. The summed E-state index contributed by atoms with van der Waals surface area (Å²) in [5, 5.41) is 4.33. The normalized spacial score (nSPS) is 11.1. The summed E-state index contributed by atoms with van der Waals surface area (Å²) in [5.41, 5.74) is 0.962. The van der Waals surface area contributed by atoms with E-state index in [2.05, 4.69) is 10.3 Å². The molecule has 128 valence electrons. The van der Waals surface area contributed by atoms with E-state index in [1.54, 1.807) is 25.1 Å². The SMILES string of the molecule is CCOC(=O)c1csc(NC(=O)c2cccc(CS(C)(=O)=O)c2)n1. The van der Waals surface area contributed by atoms with Crippen LogP contribution in [-0.4, -0.2) is 38.1 Å². The number of hydrogen-bond acceptors (Lipinski definition) is 7. The molecule has 0 aliphatic carbocycles. The molecule has 24 heavy (non-hydrogen) atoms. The number of carbonyl (C=O) groups is 2. The van der Waals surface area contributed by atoms with E-state index in [0.29, 0.717) is 11.1 Å². The first-order valence-corrected chi connectivity index (χ1v) is 9.93. The molecular weight excluding hydrogens is 352 g/mol. The van der Waals surface area contributed by atoms with E-state index >= 15 is 0 Å². The van der Waals surface area contributed by atoms with E-state index in [4.69, 9.17) is 4.74 Å². The van der Waals surface area contributed by atoms with Crippen LogP contribution < -0.4 is 5.32 Å². The second-order valence-electron chi connectivity index (χ2n) is 4.98. The van der Waals surface area contributed by atoms with Gasteiger partial charge in [-0.2, -0.15) is 0 Å². The van der Waals surface area contributed by atoms with Crippen molar-refractivity contribution in [3.63, 3.8) is 0 Å². The molecule has 0 unspecified atom stereocenters. The van der Waals surface area contributed by atoms with Crippen molar-refractivity contribution in [2.24, 2.45) is 0 Å². The van der Waals surface area contributed by atoms with Crippen molar-refractivity contribution in [3.05, 3.63) is 46.5 Å². The highest BCUT2D eigenvalue weighted by molar-refractivity contribution is 7.89. The molecule has 1 aromatic carbocycles. The Bertz CT molecular complexity index is 858. The Labute approximate surface area is 143 Å². The third kappa shape index (κ3) is 5.14. The summed E-state index contributed by atoms with van der Waals surface area (Å²) >= 11 is 1.10. The number of sulfone groups is 1. The van der Waals surface area contributed by atoms with Crippen LogP contribution in [-0.2, 0) is 20.3 Å². The fourth-order valence-corrected chi connectivity index (χ4v) is 3.36. The van der Waals surface area contributed by atoms with Gasteiger partial charge in [0.2, 0.25) is 0 Å². The minimum Gasteiger partial charge on any atom is -0.461 e. The molecule has 7 nitrogen and oxygen atoms in total. The zero-order valence-corrected chi connectivity index (χ0v) is 14.7. The molecule has 0 spiro atoms. The van der Waals surface area contributed by atoms with Gasteiger partial charge in [0, 0.05) is 17.2 Å². The largest absolute Gasteiger partial charge is 0.461 e. The molecule has 1 heterocycles. The first-order chi connectivity index (χ1) is 11.3. The van der Waals surface area contributed by atoms with Gasteiger partial charge in [-0.15, -0.1) is 11.3 Å². The van der Waals surface area contributed by atoms with Gasteiger partial charge < -0.3 is 4.74 Å². The maximum Gasteiger partial charge on any atom is 0.357 e. The molecule has 0 fully saturated rings. The second kappa shape index (κ2) is 7.54. The predicted molar refractivity (Wildman–Crippen MR) is 91.0 cm³/mol. The molecule has 2 rings (SSSR count). The lowest BCUT2D eigenvalue weighted by atomic mass is 10.1. The smallest absolute Gasteiger partial charge is 0.357 e. The quantitative estimate of drug-likeness (QED) is 0.784. The van der Waals surface area contributed by atoms with Gasteiger partial charge in [0.1, 0.15) is 0 Å². The Morgan fingerprint density at radius 2 is 2.08 bits per heavy atom. The Morgan fingerprint density at radius 1 is 1.33 bits per heavy atom. The lowest BCUT2D eigenvalue weighted by Gasteiger charge is -2.04. The van der Waals surface area contributed by atoms with E-state index in [-0.39, 0.29) is 23.2 Å². The van der Waals surface area contributed by atoms with Crippen molar-refractivity contribution in [2.45, 2.75) is 12.7 Å². The molecule has 0 radical (unpaired) electrons. The third-order valence-corrected chi connectivity index (χ3v) is 4.44. The van der Waals surface area contributed by atoms with Crippen LogP contribution in [0.4, 0.5) is 5.13 Å². The number of benzene rings is 1. The maximum absolute atomic E-state index is 12.2. The molecule has 9 heteroatoms. The number of aromatic nitrogens is 1. The van der Waals surface area contributed by atoms with Crippen LogP contribution in [0.2, 0.25) is 0 Å². The van der Waals surface area contributed by atoms with Gasteiger partial charge in [-0.05, 0) is 24.6 Å². The van der Waals surface area contributed by atoms with Gasteiger partial charge in [-0.25, -0.2) is 18.2 Å². The summed E-state index contributed by atoms with van der Waals surface area (Å²) in [7, 11) is -3.18. The van der Waals surface area contributed by atoms with Crippen molar-refractivity contribution in [2.75, 3.05) is 18.2 Å². The van der Waals surface area contributed by atoms with Gasteiger partial charge >= 0.3 is 5.97 Å². The average molecular weight is 368 g/mol. The Hall–Kier alpha value is -2.26. The number of nitrogens with one attached hydrogen (secondary N) is 1. The monoisotopic (exact) mass is 368 g/mol. The lowest BCUT2D eigenvalue weighted by Crippen LogP contribution is -2.13. The first-order valence-electron chi connectivity index (χ1n) is 6.99. The average Bonchev–Trinajstić information content (AvgIpc) is 2.94. The van der Waals surface area contributed by atoms with E-state index in [1.165, 1.54) is 11.4 Å². The molecule has 0 saturated heterocycles. The summed E-state index contributed by atoms with van der Waals surface area (Å²) in [5.74, 6) is -1.13. The van der Waals surface area contributed by atoms with Crippen molar-refractivity contribution in [1.29, 1.82) is 0 Å². The summed E-state index contributed by atoms with van der Waals surface area (Å²) in [6, 6.07) is 6.33. The fraction of sp³-hybridized carbons (Fsp3) is 0.267. The van der Waals surface area contributed by atoms with E-state index in [9.17, 15) is 18.0 Å². The zero-order valence-electron chi connectivity index (χ0n) is 13.1. The highest BCUT2D eigenvalue weighted by atomic mass is 32.2. The number of ether oxygens (including phenoxy) is 1. The van der Waals surface area contributed by atoms with Crippen LogP contribution in [0.15, 0.2) is 29.6 Å². The topological polar surface area (TPSA) is 102 Å². The van der Waals surface area contributed by atoms with Crippen LogP contribution in [0.5, 0.6) is 0 Å². The van der Waals surface area contributed by atoms with Gasteiger partial charge in [-0.1, -0.05) is 12.1 Å². The highest BCUT2D eigenvalue weighted by Gasteiger charge is 2.14. The van der Waals surface area contributed by atoms with E-state index < -0.39 is 21.7 Å². The molecule has 0 saturated carbocycles. The molecule has 0 aliphatic heterocycles. The van der Waals surface area contributed by atoms with Crippen LogP contribution in [0.1, 0.15) is 33.3 Å². The number of carbonyl (C=O) groups excluding carboxylic acids is 2. The molecule has 0 atom stereocenters. The third-order valence-electron chi connectivity index (χ3n) is 2.83. The molecule has 2 aromatic rings. The summed E-state index contributed by atoms with van der Waals surface area (Å²) in [6.07, 6.45) is 1.13. The summed E-state index contributed by atoms with van der Waals surface area (Å²) in [4.78, 5) is 27.8. The van der Waals surface area contributed by atoms with Gasteiger partial charge in [0.15, 0.2) is 20.7 Å².